The molecular formula is N2O6U3. The van der Waals surface area contributed by atoms with Crippen LogP contribution in [0.4, 0.5) is 0 Å². The maximum atomic E-state index is 8.58. The van der Waals surface area contributed by atoms with E-state index in [1.807, 2.05) is 0 Å². The van der Waals surface area contributed by atoms with Gasteiger partial charge in [0.2, 0.25) is 0 Å². The molecule has 0 fully saturated rings. The molecular weight excluding hydrogens is 838 g/mol. The average Bonchev–Trinajstić information content (AvgIpc) is 1.70. The minimum absolute atomic E-state index is 0. The Morgan fingerprint density at radius 1 is 0.455 bits per heavy atom. The first kappa shape index (κ1) is 29.3. The van der Waals surface area contributed by atoms with E-state index in [-0.39, 0.29) is 12.3 Å². The van der Waals surface area contributed by atoms with E-state index in [1.165, 1.54) is 0 Å². The summed E-state index contributed by atoms with van der Waals surface area (Å²) in [5, 5.41) is 0. The molecule has 0 aromatic carbocycles. The van der Waals surface area contributed by atoms with Crippen molar-refractivity contribution in [2.75, 3.05) is 0 Å². The molecule has 0 saturated carbocycles. The molecule has 0 atom stereocenters. The van der Waals surface area contributed by atoms with Crippen LogP contribution in [0.3, 0.4) is 0 Å². The van der Waals surface area contributed by atoms with E-state index in [4.69, 9.17) is 13.4 Å². The summed E-state index contributed by atoms with van der Waals surface area (Å²) in [7, 11) is 0. The summed E-state index contributed by atoms with van der Waals surface area (Å²) < 4.78 is 51.5. The zero-order valence-corrected chi connectivity index (χ0v) is 17.3. The van der Waals surface area contributed by atoms with Crippen molar-refractivity contribution in [2.45, 2.75) is 0 Å². The number of hydrogen-bond donors (Lipinski definition) is 0. The van der Waals surface area contributed by atoms with E-state index >= 15 is 0 Å². The zero-order chi connectivity index (χ0) is 8.12. The standard InChI is InChI=1S/2N.6O.3U/q2*-3;;;;;;;3*+2. The predicted octanol–water partition coefficient (Wildman–Crippen LogP) is -0.135. The van der Waals surface area contributed by atoms with Crippen LogP contribution < -0.4 is 0 Å². The van der Waals surface area contributed by atoms with Crippen LogP contribution in [0.25, 0.3) is 12.3 Å². The number of rotatable bonds is 0. The first-order valence-corrected chi connectivity index (χ1v) is 11.4. The summed E-state index contributed by atoms with van der Waals surface area (Å²) in [6, 6.07) is 0. The first-order valence-electron chi connectivity index (χ1n) is 1.22. The van der Waals surface area contributed by atoms with Gasteiger partial charge in [-0.2, -0.15) is 0 Å². The van der Waals surface area contributed by atoms with Crippen molar-refractivity contribution in [3.8, 4) is 0 Å². The fourth-order valence-corrected chi connectivity index (χ4v) is 0. The molecule has 0 saturated heterocycles. The molecule has 0 amide bonds. The van der Waals surface area contributed by atoms with Gasteiger partial charge in [0.1, 0.15) is 0 Å². The van der Waals surface area contributed by atoms with Crippen LogP contribution in [-0.4, -0.2) is 0 Å². The van der Waals surface area contributed by atoms with Crippen LogP contribution in [0.2, 0.25) is 0 Å². The van der Waals surface area contributed by atoms with Crippen molar-refractivity contribution < 1.29 is 96.9 Å². The molecule has 58 valence electrons. The number of nitrogens with zero attached hydrogens (tertiary/aromatic N) is 2. The van der Waals surface area contributed by atoms with E-state index in [0.29, 0.717) is 0 Å². The van der Waals surface area contributed by atoms with Crippen molar-refractivity contribution in [1.29, 1.82) is 0 Å². The van der Waals surface area contributed by atoms with Crippen molar-refractivity contribution in [1.82, 2.24) is 0 Å². The van der Waals surface area contributed by atoms with Crippen LogP contribution in [0.15, 0.2) is 0 Å². The Bertz CT molecular complexity index is 107. The summed E-state index contributed by atoms with van der Waals surface area (Å²) in [6.45, 7) is 0. The Morgan fingerprint density at radius 3 is 0.455 bits per heavy atom. The van der Waals surface area contributed by atoms with Gasteiger partial charge < -0.3 is 12.3 Å². The van der Waals surface area contributed by atoms with E-state index in [1.54, 1.807) is 0 Å². The summed E-state index contributed by atoms with van der Waals surface area (Å²) in [5.74, 6) is 0. The Kier molecular flexibility index (Phi) is 157. The quantitative estimate of drug-likeness (QED) is 0.330. The van der Waals surface area contributed by atoms with E-state index in [9.17, 15) is 0 Å². The third-order valence-electron chi connectivity index (χ3n) is 0. The molecule has 8 nitrogen and oxygen atoms in total. The summed E-state index contributed by atoms with van der Waals surface area (Å²) in [4.78, 5) is 0. The van der Waals surface area contributed by atoms with Gasteiger partial charge in [0, 0.05) is 0 Å². The van der Waals surface area contributed by atoms with E-state index in [0.717, 1.165) is 0 Å². The van der Waals surface area contributed by atoms with Gasteiger partial charge in [0.25, 0.3) is 0 Å². The summed E-state index contributed by atoms with van der Waals surface area (Å²) >= 11 is -7.52. The fourth-order valence-electron chi connectivity index (χ4n) is 0. The van der Waals surface area contributed by atoms with Gasteiger partial charge in [0.15, 0.2) is 0 Å². The molecule has 0 radical (unpaired) electrons. The van der Waals surface area contributed by atoms with Crippen LogP contribution in [-0.2, 0) is 13.4 Å². The molecule has 0 aromatic heterocycles. The topological polar surface area (TPSA) is 163 Å². The van der Waals surface area contributed by atoms with E-state index < -0.39 is 83.5 Å². The molecule has 0 heterocycles. The molecule has 0 spiro atoms. The van der Waals surface area contributed by atoms with Gasteiger partial charge >= 0.3 is 96.9 Å². The maximum absolute atomic E-state index is 8.58. The van der Waals surface area contributed by atoms with Crippen molar-refractivity contribution in [3.63, 3.8) is 0 Å². The second-order valence-corrected chi connectivity index (χ2v) is 2.33. The third-order valence-corrected chi connectivity index (χ3v) is 0. The second-order valence-electron chi connectivity index (χ2n) is 0.250. The molecule has 0 bridgehead atoms. The molecule has 0 N–H and O–H groups in total. The van der Waals surface area contributed by atoms with Gasteiger partial charge in [-0.15, -0.1) is 0 Å². The van der Waals surface area contributed by atoms with Crippen LogP contribution in [0, 0.1) is 83.5 Å². The Labute approximate surface area is 107 Å². The van der Waals surface area contributed by atoms with Crippen molar-refractivity contribution in [3.05, 3.63) is 12.3 Å². The average molecular weight is 838 g/mol. The normalized spacial score (nSPS) is 2.18. The summed E-state index contributed by atoms with van der Waals surface area (Å²) in [6.07, 6.45) is 0. The molecule has 11 heavy (non-hydrogen) atoms. The molecule has 0 aliphatic heterocycles. The molecule has 0 unspecified atom stereocenters. The van der Waals surface area contributed by atoms with Gasteiger partial charge in [-0.3, -0.25) is 0 Å². The van der Waals surface area contributed by atoms with Gasteiger partial charge in [0.05, 0.1) is 0 Å². The summed E-state index contributed by atoms with van der Waals surface area (Å²) in [5.41, 5.74) is 0. The van der Waals surface area contributed by atoms with Crippen molar-refractivity contribution >= 4 is 0 Å². The molecule has 0 aliphatic rings. The molecule has 0 aromatic rings. The Morgan fingerprint density at radius 2 is 0.455 bits per heavy atom. The molecule has 0 aliphatic carbocycles. The molecule has 0 rings (SSSR count). The van der Waals surface area contributed by atoms with Crippen LogP contribution in [0.5, 0.6) is 0 Å². The zero-order valence-electron chi connectivity index (χ0n) is 4.84. The Balaban J connectivity index is -0.0000000150. The minimum atomic E-state index is -2.51. The van der Waals surface area contributed by atoms with Crippen molar-refractivity contribution in [2.24, 2.45) is 0 Å². The monoisotopic (exact) mass is 838 g/mol. The SMILES string of the molecule is [N-3].[N-3].[O]=[U+2]=[O].[O]=[U+2]=[O].[O]=[U+2]=[O]. The first-order chi connectivity index (χ1) is 4.24. The van der Waals surface area contributed by atoms with Gasteiger partial charge in [-0.1, -0.05) is 0 Å². The van der Waals surface area contributed by atoms with Crippen LogP contribution >= 0.6 is 0 Å². The Hall–Kier alpha value is 1.88. The van der Waals surface area contributed by atoms with Gasteiger partial charge in [-0.25, -0.2) is 0 Å². The van der Waals surface area contributed by atoms with E-state index in [2.05, 4.69) is 0 Å². The third kappa shape index (κ3) is 329. The fraction of sp³-hybridized carbons (Fsp3) is 0. The second kappa shape index (κ2) is 59.1. The van der Waals surface area contributed by atoms with Gasteiger partial charge in [-0.05, 0) is 0 Å². The predicted molar refractivity (Wildman–Crippen MR) is 10.8 cm³/mol. The van der Waals surface area contributed by atoms with Crippen LogP contribution in [0.1, 0.15) is 0 Å². The molecule has 11 heteroatoms. The number of hydrogen-bond acceptors (Lipinski definition) is 6.